The minimum atomic E-state index is -0.430. The summed E-state index contributed by atoms with van der Waals surface area (Å²) in [4.78, 5) is 11.1. The van der Waals surface area contributed by atoms with Gasteiger partial charge in [-0.15, -0.1) is 0 Å². The van der Waals surface area contributed by atoms with Gasteiger partial charge in [-0.2, -0.15) is 0 Å². The molecule has 2 rings (SSSR count). The Morgan fingerprint density at radius 3 is 3.00 bits per heavy atom. The number of carbonyl (C=O) groups excluding carboxylic acids is 1. The molecule has 1 amide bonds. The van der Waals surface area contributed by atoms with E-state index in [2.05, 4.69) is 10.6 Å². The first kappa shape index (κ1) is 11.7. The molecule has 0 aromatic heterocycles. The SMILES string of the molecule is COc1ccc(C(N)=O)cc1NC1CCNC1. The summed E-state index contributed by atoms with van der Waals surface area (Å²) in [6.45, 7) is 1.93. The molecule has 17 heavy (non-hydrogen) atoms. The minimum absolute atomic E-state index is 0.368. The number of nitrogens with two attached hydrogens (primary N) is 1. The standard InChI is InChI=1S/C12H17N3O2/c1-17-11-3-2-8(12(13)16)6-10(11)15-9-4-5-14-7-9/h2-3,6,9,14-15H,4-5,7H2,1H3,(H2,13,16). The van der Waals surface area contributed by atoms with Gasteiger partial charge in [0.15, 0.2) is 0 Å². The second-order valence-corrected chi connectivity index (χ2v) is 4.11. The van der Waals surface area contributed by atoms with Crippen LogP contribution < -0.4 is 21.1 Å². The molecule has 0 bridgehead atoms. The van der Waals surface area contributed by atoms with Crippen molar-refractivity contribution in [2.45, 2.75) is 12.5 Å². The molecule has 0 spiro atoms. The van der Waals surface area contributed by atoms with Crippen molar-refractivity contribution < 1.29 is 9.53 Å². The van der Waals surface area contributed by atoms with Gasteiger partial charge in [0.05, 0.1) is 12.8 Å². The number of carbonyl (C=O) groups is 1. The number of rotatable bonds is 4. The van der Waals surface area contributed by atoms with E-state index in [1.807, 2.05) is 0 Å². The Labute approximate surface area is 100 Å². The molecule has 1 atom stereocenters. The average Bonchev–Trinajstić information content (AvgIpc) is 2.81. The van der Waals surface area contributed by atoms with Gasteiger partial charge in [-0.25, -0.2) is 0 Å². The van der Waals surface area contributed by atoms with E-state index in [-0.39, 0.29) is 0 Å². The highest BCUT2D eigenvalue weighted by atomic mass is 16.5. The van der Waals surface area contributed by atoms with Gasteiger partial charge in [-0.1, -0.05) is 0 Å². The van der Waals surface area contributed by atoms with E-state index >= 15 is 0 Å². The van der Waals surface area contributed by atoms with Crippen molar-refractivity contribution in [1.82, 2.24) is 5.32 Å². The van der Waals surface area contributed by atoms with E-state index in [0.717, 1.165) is 30.9 Å². The monoisotopic (exact) mass is 235 g/mol. The van der Waals surface area contributed by atoms with E-state index in [1.165, 1.54) is 0 Å². The Balaban J connectivity index is 2.21. The third-order valence-electron chi connectivity index (χ3n) is 2.90. The maximum absolute atomic E-state index is 11.1. The predicted molar refractivity (Wildman–Crippen MR) is 66.4 cm³/mol. The summed E-state index contributed by atoms with van der Waals surface area (Å²) in [5, 5.41) is 6.63. The summed E-state index contributed by atoms with van der Waals surface area (Å²) in [6, 6.07) is 5.52. The second-order valence-electron chi connectivity index (χ2n) is 4.11. The molecular weight excluding hydrogens is 218 g/mol. The molecule has 5 heteroatoms. The molecule has 1 aliphatic heterocycles. The Morgan fingerprint density at radius 1 is 1.59 bits per heavy atom. The normalized spacial score (nSPS) is 19.0. The number of nitrogens with one attached hydrogen (secondary N) is 2. The van der Waals surface area contributed by atoms with Gasteiger partial charge in [0, 0.05) is 18.2 Å². The molecule has 92 valence electrons. The third-order valence-corrected chi connectivity index (χ3v) is 2.90. The maximum atomic E-state index is 11.1. The van der Waals surface area contributed by atoms with E-state index in [0.29, 0.717) is 11.6 Å². The topological polar surface area (TPSA) is 76.4 Å². The van der Waals surface area contributed by atoms with Crippen LogP contribution >= 0.6 is 0 Å². The summed E-state index contributed by atoms with van der Waals surface area (Å²) in [5.74, 6) is 0.294. The van der Waals surface area contributed by atoms with Crippen molar-refractivity contribution in [3.05, 3.63) is 23.8 Å². The summed E-state index contributed by atoms with van der Waals surface area (Å²) in [6.07, 6.45) is 1.06. The second kappa shape index (κ2) is 5.05. The van der Waals surface area contributed by atoms with Crippen LogP contribution in [-0.2, 0) is 0 Å². The van der Waals surface area contributed by atoms with Crippen molar-refractivity contribution in [3.8, 4) is 5.75 Å². The summed E-state index contributed by atoms with van der Waals surface area (Å²) in [5.41, 5.74) is 6.57. The fourth-order valence-electron chi connectivity index (χ4n) is 1.97. The number of hydrogen-bond acceptors (Lipinski definition) is 4. The molecular formula is C12H17N3O2. The predicted octanol–water partition coefficient (Wildman–Crippen LogP) is 0.568. The molecule has 1 aromatic rings. The zero-order valence-corrected chi connectivity index (χ0v) is 9.82. The van der Waals surface area contributed by atoms with Crippen LogP contribution in [0, 0.1) is 0 Å². The molecule has 1 aliphatic rings. The Morgan fingerprint density at radius 2 is 2.41 bits per heavy atom. The van der Waals surface area contributed by atoms with Crippen LogP contribution in [0.2, 0.25) is 0 Å². The summed E-state index contributed by atoms with van der Waals surface area (Å²) in [7, 11) is 1.61. The highest BCUT2D eigenvalue weighted by Gasteiger charge is 2.16. The van der Waals surface area contributed by atoms with Crippen LogP contribution in [0.3, 0.4) is 0 Å². The van der Waals surface area contributed by atoms with Crippen LogP contribution in [0.1, 0.15) is 16.8 Å². The fraction of sp³-hybridized carbons (Fsp3) is 0.417. The van der Waals surface area contributed by atoms with Crippen molar-refractivity contribution >= 4 is 11.6 Å². The van der Waals surface area contributed by atoms with Gasteiger partial charge in [0.25, 0.3) is 0 Å². The van der Waals surface area contributed by atoms with Gasteiger partial charge in [-0.05, 0) is 31.2 Å². The van der Waals surface area contributed by atoms with Crippen molar-refractivity contribution in [2.24, 2.45) is 5.73 Å². The zero-order valence-electron chi connectivity index (χ0n) is 9.82. The highest BCUT2D eigenvalue weighted by molar-refractivity contribution is 5.94. The first-order chi connectivity index (χ1) is 8.20. The van der Waals surface area contributed by atoms with Crippen LogP contribution in [0.5, 0.6) is 5.75 Å². The maximum Gasteiger partial charge on any atom is 0.248 e. The molecule has 5 nitrogen and oxygen atoms in total. The van der Waals surface area contributed by atoms with E-state index in [1.54, 1.807) is 25.3 Å². The molecule has 1 saturated heterocycles. The fourth-order valence-corrected chi connectivity index (χ4v) is 1.97. The molecule has 0 radical (unpaired) electrons. The summed E-state index contributed by atoms with van der Waals surface area (Å²) < 4.78 is 5.26. The molecule has 0 saturated carbocycles. The highest BCUT2D eigenvalue weighted by Crippen LogP contribution is 2.26. The first-order valence-corrected chi connectivity index (χ1v) is 5.66. The number of benzene rings is 1. The molecule has 0 aliphatic carbocycles. The first-order valence-electron chi connectivity index (χ1n) is 5.66. The average molecular weight is 235 g/mol. The molecule has 1 fully saturated rings. The van der Waals surface area contributed by atoms with Gasteiger partial charge in [0.1, 0.15) is 5.75 Å². The van der Waals surface area contributed by atoms with E-state index in [9.17, 15) is 4.79 Å². The zero-order chi connectivity index (χ0) is 12.3. The summed E-state index contributed by atoms with van der Waals surface area (Å²) >= 11 is 0. The molecule has 1 unspecified atom stereocenters. The molecule has 1 aromatic carbocycles. The number of hydrogen-bond donors (Lipinski definition) is 3. The lowest BCUT2D eigenvalue weighted by Gasteiger charge is -2.16. The largest absolute Gasteiger partial charge is 0.495 e. The van der Waals surface area contributed by atoms with E-state index in [4.69, 9.17) is 10.5 Å². The van der Waals surface area contributed by atoms with Gasteiger partial charge in [-0.3, -0.25) is 4.79 Å². The van der Waals surface area contributed by atoms with Crippen molar-refractivity contribution in [2.75, 3.05) is 25.5 Å². The van der Waals surface area contributed by atoms with Crippen molar-refractivity contribution in [1.29, 1.82) is 0 Å². The van der Waals surface area contributed by atoms with Crippen molar-refractivity contribution in [3.63, 3.8) is 0 Å². The lowest BCUT2D eigenvalue weighted by Crippen LogP contribution is -2.22. The third kappa shape index (κ3) is 2.68. The van der Waals surface area contributed by atoms with Gasteiger partial charge in [0.2, 0.25) is 5.91 Å². The quantitative estimate of drug-likeness (QED) is 0.713. The number of amides is 1. The van der Waals surface area contributed by atoms with Crippen LogP contribution in [0.25, 0.3) is 0 Å². The molecule has 1 heterocycles. The number of ether oxygens (including phenoxy) is 1. The number of methoxy groups -OCH3 is 1. The van der Waals surface area contributed by atoms with Crippen LogP contribution in [0.4, 0.5) is 5.69 Å². The van der Waals surface area contributed by atoms with Crippen LogP contribution in [0.15, 0.2) is 18.2 Å². The number of primary amides is 1. The minimum Gasteiger partial charge on any atom is -0.495 e. The Kier molecular flexibility index (Phi) is 3.49. The smallest absolute Gasteiger partial charge is 0.248 e. The Hall–Kier alpha value is -1.75. The molecule has 4 N–H and O–H groups in total. The van der Waals surface area contributed by atoms with Crippen LogP contribution in [-0.4, -0.2) is 32.1 Å². The number of anilines is 1. The lowest BCUT2D eigenvalue weighted by atomic mass is 10.1. The Bertz CT molecular complexity index is 414. The van der Waals surface area contributed by atoms with Gasteiger partial charge >= 0.3 is 0 Å². The lowest BCUT2D eigenvalue weighted by molar-refractivity contribution is 0.100. The van der Waals surface area contributed by atoms with Gasteiger partial charge < -0.3 is 21.1 Å². The van der Waals surface area contributed by atoms with E-state index < -0.39 is 5.91 Å².